The minimum Gasteiger partial charge on any atom is -0.387 e. The average Bonchev–Trinajstić information content (AvgIpc) is 2.59. The molecule has 3 saturated heterocycles. The molecule has 4 atom stereocenters. The molecule has 4 heteroatoms. The summed E-state index contributed by atoms with van der Waals surface area (Å²) in [7, 11) is 1.85. The molecule has 22 heavy (non-hydrogen) atoms. The van der Waals surface area contributed by atoms with Gasteiger partial charge in [-0.25, -0.2) is 0 Å². The van der Waals surface area contributed by atoms with E-state index in [1.165, 1.54) is 32.4 Å². The van der Waals surface area contributed by atoms with E-state index in [2.05, 4.69) is 22.5 Å². The summed E-state index contributed by atoms with van der Waals surface area (Å²) in [6.45, 7) is 5.49. The van der Waals surface area contributed by atoms with E-state index in [1.54, 1.807) is 0 Å². The van der Waals surface area contributed by atoms with Crippen molar-refractivity contribution >= 4 is 11.6 Å². The first-order valence-electron chi connectivity index (χ1n) is 8.52. The van der Waals surface area contributed by atoms with E-state index in [1.807, 2.05) is 31.3 Å². The molecule has 2 N–H and O–H groups in total. The van der Waals surface area contributed by atoms with E-state index in [0.29, 0.717) is 6.04 Å². The predicted molar refractivity (Wildman–Crippen MR) is 90.2 cm³/mol. The first-order valence-corrected chi connectivity index (χ1v) is 8.52. The van der Waals surface area contributed by atoms with Crippen molar-refractivity contribution in [2.24, 2.45) is 11.8 Å². The van der Waals surface area contributed by atoms with Crippen LogP contribution < -0.4 is 10.6 Å². The fraction of sp³-hybridized carbons (Fsp3) is 0.611. The first-order chi connectivity index (χ1) is 10.7. The number of hydrogen-bond donors (Lipinski definition) is 2. The highest BCUT2D eigenvalue weighted by atomic mass is 16.1. The maximum absolute atomic E-state index is 12.4. The van der Waals surface area contributed by atoms with Crippen molar-refractivity contribution in [1.29, 1.82) is 0 Å². The highest BCUT2D eigenvalue weighted by Crippen LogP contribution is 2.37. The van der Waals surface area contributed by atoms with Crippen molar-refractivity contribution < 1.29 is 4.79 Å². The van der Waals surface area contributed by atoms with E-state index in [0.717, 1.165) is 29.6 Å². The number of benzene rings is 1. The molecule has 0 aliphatic carbocycles. The van der Waals surface area contributed by atoms with E-state index in [9.17, 15) is 4.79 Å². The third-order valence-corrected chi connectivity index (χ3v) is 5.48. The number of hydrogen-bond acceptors (Lipinski definition) is 3. The lowest BCUT2D eigenvalue weighted by molar-refractivity contribution is 0.000729. The minimum absolute atomic E-state index is 0.0274. The van der Waals surface area contributed by atoms with Gasteiger partial charge in [-0.2, -0.15) is 0 Å². The SMILES string of the molecule is CC[C@H]1CN2CC[C@H]1C[C@@H]2CNC(=O)c1ccccc1NC. The van der Waals surface area contributed by atoms with Crippen molar-refractivity contribution in [2.75, 3.05) is 32.0 Å². The Kier molecular flexibility index (Phi) is 4.67. The van der Waals surface area contributed by atoms with Crippen LogP contribution in [0, 0.1) is 11.8 Å². The van der Waals surface area contributed by atoms with Crippen molar-refractivity contribution in [1.82, 2.24) is 10.2 Å². The molecule has 1 aromatic rings. The monoisotopic (exact) mass is 301 g/mol. The summed E-state index contributed by atoms with van der Waals surface area (Å²) >= 11 is 0. The topological polar surface area (TPSA) is 44.4 Å². The number of fused-ring (bicyclic) bond motifs is 3. The minimum atomic E-state index is 0.0274. The van der Waals surface area contributed by atoms with Gasteiger partial charge < -0.3 is 10.6 Å². The Hall–Kier alpha value is -1.55. The van der Waals surface area contributed by atoms with Gasteiger partial charge >= 0.3 is 0 Å². The van der Waals surface area contributed by atoms with Crippen LogP contribution in [-0.2, 0) is 0 Å². The molecule has 1 aromatic carbocycles. The van der Waals surface area contributed by atoms with Crippen molar-refractivity contribution in [2.45, 2.75) is 32.2 Å². The number of carbonyl (C=O) groups excluding carboxylic acids is 1. The summed E-state index contributed by atoms with van der Waals surface area (Å²) in [5.74, 6) is 1.76. The molecule has 2 bridgehead atoms. The summed E-state index contributed by atoms with van der Waals surface area (Å²) in [6, 6.07) is 8.19. The molecule has 1 unspecified atom stereocenters. The lowest BCUT2D eigenvalue weighted by Crippen LogP contribution is -2.56. The van der Waals surface area contributed by atoms with Gasteiger partial charge in [-0.1, -0.05) is 25.5 Å². The highest BCUT2D eigenvalue weighted by molar-refractivity contribution is 5.99. The van der Waals surface area contributed by atoms with Gasteiger partial charge in [0.1, 0.15) is 0 Å². The third-order valence-electron chi connectivity index (χ3n) is 5.48. The van der Waals surface area contributed by atoms with Crippen LogP contribution in [0.5, 0.6) is 0 Å². The fourth-order valence-corrected chi connectivity index (χ4v) is 4.13. The maximum atomic E-state index is 12.4. The number of piperidine rings is 3. The van der Waals surface area contributed by atoms with Gasteiger partial charge in [-0.05, 0) is 43.4 Å². The molecule has 1 amide bonds. The molecule has 0 saturated carbocycles. The second-order valence-corrected chi connectivity index (χ2v) is 6.61. The number of rotatable bonds is 5. The molecule has 0 radical (unpaired) electrons. The van der Waals surface area contributed by atoms with Crippen LogP contribution in [0.3, 0.4) is 0 Å². The fourth-order valence-electron chi connectivity index (χ4n) is 4.13. The molecule has 4 rings (SSSR count). The Balaban J connectivity index is 1.58. The number of nitrogens with one attached hydrogen (secondary N) is 2. The van der Waals surface area contributed by atoms with Crippen molar-refractivity contribution in [3.05, 3.63) is 29.8 Å². The number of nitrogens with zero attached hydrogens (tertiary/aromatic N) is 1. The van der Waals surface area contributed by atoms with Gasteiger partial charge in [0.05, 0.1) is 5.56 Å². The summed E-state index contributed by atoms with van der Waals surface area (Å²) in [6.07, 6.45) is 3.87. The molecule has 4 nitrogen and oxygen atoms in total. The van der Waals surface area contributed by atoms with Crippen LogP contribution in [0.2, 0.25) is 0 Å². The largest absolute Gasteiger partial charge is 0.387 e. The molecular weight excluding hydrogens is 274 g/mol. The zero-order valence-corrected chi connectivity index (χ0v) is 13.6. The Morgan fingerprint density at radius 1 is 1.36 bits per heavy atom. The quantitative estimate of drug-likeness (QED) is 0.878. The zero-order valence-electron chi connectivity index (χ0n) is 13.6. The van der Waals surface area contributed by atoms with Crippen LogP contribution in [-0.4, -0.2) is 43.5 Å². The number of anilines is 1. The van der Waals surface area contributed by atoms with Gasteiger partial charge in [-0.3, -0.25) is 9.69 Å². The number of para-hydroxylation sites is 1. The van der Waals surface area contributed by atoms with Gasteiger partial charge in [0.2, 0.25) is 0 Å². The van der Waals surface area contributed by atoms with Crippen LogP contribution in [0.25, 0.3) is 0 Å². The second-order valence-electron chi connectivity index (χ2n) is 6.61. The second kappa shape index (κ2) is 6.69. The molecule has 120 valence electrons. The van der Waals surface area contributed by atoms with E-state index < -0.39 is 0 Å². The van der Waals surface area contributed by atoms with Gasteiger partial charge in [-0.15, -0.1) is 0 Å². The predicted octanol–water partition coefficient (Wildman–Crippen LogP) is 2.58. The van der Waals surface area contributed by atoms with Gasteiger partial charge in [0, 0.05) is 31.9 Å². The summed E-state index contributed by atoms with van der Waals surface area (Å²) in [5.41, 5.74) is 1.61. The number of carbonyl (C=O) groups is 1. The molecular formula is C18H27N3O. The molecule has 3 aliphatic rings. The third kappa shape index (κ3) is 2.98. The molecule has 3 heterocycles. The average molecular weight is 301 g/mol. The molecule has 0 aromatic heterocycles. The van der Waals surface area contributed by atoms with Crippen LogP contribution >= 0.6 is 0 Å². The van der Waals surface area contributed by atoms with Gasteiger partial charge in [0.15, 0.2) is 0 Å². The van der Waals surface area contributed by atoms with E-state index in [4.69, 9.17) is 0 Å². The van der Waals surface area contributed by atoms with Crippen LogP contribution in [0.1, 0.15) is 36.5 Å². The van der Waals surface area contributed by atoms with Crippen LogP contribution in [0.15, 0.2) is 24.3 Å². The summed E-state index contributed by atoms with van der Waals surface area (Å²) < 4.78 is 0. The van der Waals surface area contributed by atoms with Crippen molar-refractivity contribution in [3.8, 4) is 0 Å². The Labute approximate surface area is 133 Å². The van der Waals surface area contributed by atoms with E-state index >= 15 is 0 Å². The highest BCUT2D eigenvalue weighted by Gasteiger charge is 2.39. The molecule has 3 aliphatic heterocycles. The number of amides is 1. The van der Waals surface area contributed by atoms with Gasteiger partial charge in [0.25, 0.3) is 5.91 Å². The lowest BCUT2D eigenvalue weighted by Gasteiger charge is -2.50. The molecule has 3 fully saturated rings. The van der Waals surface area contributed by atoms with Crippen LogP contribution in [0.4, 0.5) is 5.69 Å². The Morgan fingerprint density at radius 2 is 2.18 bits per heavy atom. The first kappa shape index (κ1) is 15.3. The lowest BCUT2D eigenvalue weighted by atomic mass is 9.74. The summed E-state index contributed by atoms with van der Waals surface area (Å²) in [4.78, 5) is 15.0. The standard InChI is InChI=1S/C18H27N3O/c1-3-13-12-21-9-8-14(13)10-15(21)11-20-18(22)16-6-4-5-7-17(16)19-2/h4-7,13-15,19H,3,8-12H2,1-2H3,(H,20,22)/t13-,14-,15+/m0/s1. The summed E-state index contributed by atoms with van der Waals surface area (Å²) in [5, 5.41) is 6.22. The molecule has 0 spiro atoms. The zero-order chi connectivity index (χ0) is 15.5. The Morgan fingerprint density at radius 3 is 2.86 bits per heavy atom. The normalized spacial score (nSPS) is 30.1. The smallest absolute Gasteiger partial charge is 0.253 e. The Bertz CT molecular complexity index is 531. The van der Waals surface area contributed by atoms with E-state index in [-0.39, 0.29) is 5.91 Å². The maximum Gasteiger partial charge on any atom is 0.253 e. The van der Waals surface area contributed by atoms with Crippen molar-refractivity contribution in [3.63, 3.8) is 0 Å².